The number of nitrogens with zero attached hydrogens (tertiary/aromatic N) is 2. The Hall–Kier alpha value is -1.36. The maximum atomic E-state index is 5.97. The maximum absolute atomic E-state index is 5.97. The van der Waals surface area contributed by atoms with Crippen LogP contribution in [0.5, 0.6) is 0 Å². The smallest absolute Gasteiger partial charge is 0.221 e. The highest BCUT2D eigenvalue weighted by Gasteiger charge is 2.37. The van der Waals surface area contributed by atoms with Gasteiger partial charge in [0.05, 0.1) is 0 Å². The molecule has 0 aliphatic heterocycles. The summed E-state index contributed by atoms with van der Waals surface area (Å²) in [5.41, 5.74) is 18.1. The molecule has 0 unspecified atom stereocenters. The minimum atomic E-state index is 0.0494. The van der Waals surface area contributed by atoms with Gasteiger partial charge in [0.25, 0.3) is 0 Å². The van der Waals surface area contributed by atoms with Gasteiger partial charge in [-0.2, -0.15) is 4.98 Å². The molecule has 0 radical (unpaired) electrons. The minimum Gasteiger partial charge on any atom is -0.383 e. The molecule has 0 aromatic carbocycles. The largest absolute Gasteiger partial charge is 0.383 e. The summed E-state index contributed by atoms with van der Waals surface area (Å²) in [4.78, 5) is 7.81. The van der Waals surface area contributed by atoms with Crippen LogP contribution in [-0.2, 0) is 6.42 Å². The van der Waals surface area contributed by atoms with Gasteiger partial charge in [-0.1, -0.05) is 0 Å². The van der Waals surface area contributed by atoms with Gasteiger partial charge < -0.3 is 17.2 Å². The first-order chi connectivity index (χ1) is 6.59. The Morgan fingerprint density at radius 2 is 2.07 bits per heavy atom. The zero-order chi connectivity index (χ0) is 10.2. The van der Waals surface area contributed by atoms with Crippen LogP contribution in [0.25, 0.3) is 0 Å². The number of anilines is 2. The van der Waals surface area contributed by atoms with E-state index in [1.54, 1.807) is 6.20 Å². The predicted octanol–water partition coefficient (Wildman–Crippen LogP) is 0.0649. The summed E-state index contributed by atoms with van der Waals surface area (Å²) >= 11 is 0. The molecular weight excluding hydrogens is 178 g/mol. The molecule has 0 amide bonds. The SMILES string of the molecule is Nc1ncc(CCC2(N)CC2)c(N)n1. The van der Waals surface area contributed by atoms with Crippen molar-refractivity contribution in [3.8, 4) is 0 Å². The van der Waals surface area contributed by atoms with Crippen LogP contribution in [0, 0.1) is 0 Å². The lowest BCUT2D eigenvalue weighted by atomic mass is 10.1. The second-order valence-electron chi connectivity index (χ2n) is 4.00. The van der Waals surface area contributed by atoms with E-state index in [4.69, 9.17) is 17.2 Å². The Kier molecular flexibility index (Phi) is 2.03. The molecule has 1 aliphatic carbocycles. The topological polar surface area (TPSA) is 104 Å². The Morgan fingerprint density at radius 3 is 2.64 bits per heavy atom. The van der Waals surface area contributed by atoms with Gasteiger partial charge in [0.15, 0.2) is 0 Å². The van der Waals surface area contributed by atoms with E-state index in [0.29, 0.717) is 5.82 Å². The van der Waals surface area contributed by atoms with Gasteiger partial charge in [-0.25, -0.2) is 4.98 Å². The van der Waals surface area contributed by atoms with Crippen LogP contribution in [0.4, 0.5) is 11.8 Å². The van der Waals surface area contributed by atoms with E-state index in [2.05, 4.69) is 9.97 Å². The number of nitrogens with two attached hydrogens (primary N) is 3. The summed E-state index contributed by atoms with van der Waals surface area (Å²) in [6.45, 7) is 0. The first kappa shape index (κ1) is 9.21. The normalized spacial score (nSPS) is 18.1. The Balaban J connectivity index is 2.02. The number of hydrogen-bond acceptors (Lipinski definition) is 5. The number of aryl methyl sites for hydroxylation is 1. The molecule has 14 heavy (non-hydrogen) atoms. The molecule has 5 nitrogen and oxygen atoms in total. The molecule has 1 aliphatic rings. The monoisotopic (exact) mass is 193 g/mol. The lowest BCUT2D eigenvalue weighted by Gasteiger charge is -2.09. The van der Waals surface area contributed by atoms with E-state index in [0.717, 1.165) is 31.2 Å². The summed E-state index contributed by atoms with van der Waals surface area (Å²) in [7, 11) is 0. The lowest BCUT2D eigenvalue weighted by molar-refractivity contribution is 0.608. The van der Waals surface area contributed by atoms with Crippen molar-refractivity contribution in [2.75, 3.05) is 11.5 Å². The van der Waals surface area contributed by atoms with Gasteiger partial charge in [0.2, 0.25) is 5.95 Å². The average molecular weight is 193 g/mol. The molecule has 6 N–H and O–H groups in total. The van der Waals surface area contributed by atoms with E-state index in [9.17, 15) is 0 Å². The molecule has 1 aromatic heterocycles. The number of nitrogen functional groups attached to an aromatic ring is 2. The quantitative estimate of drug-likeness (QED) is 0.630. The number of aromatic nitrogens is 2. The third-order valence-corrected chi connectivity index (χ3v) is 2.70. The number of hydrogen-bond donors (Lipinski definition) is 3. The zero-order valence-electron chi connectivity index (χ0n) is 8.03. The van der Waals surface area contributed by atoms with Gasteiger partial charge >= 0.3 is 0 Å². The molecule has 2 rings (SSSR count). The fraction of sp³-hybridized carbons (Fsp3) is 0.556. The summed E-state index contributed by atoms with van der Waals surface area (Å²) in [5, 5.41) is 0. The molecule has 0 atom stereocenters. The van der Waals surface area contributed by atoms with Crippen LogP contribution in [-0.4, -0.2) is 15.5 Å². The Bertz CT molecular complexity index is 345. The third-order valence-electron chi connectivity index (χ3n) is 2.70. The van der Waals surface area contributed by atoms with Crippen LogP contribution in [0.2, 0.25) is 0 Å². The van der Waals surface area contributed by atoms with Gasteiger partial charge in [0, 0.05) is 17.3 Å². The molecule has 0 bridgehead atoms. The Morgan fingerprint density at radius 1 is 1.36 bits per heavy atom. The van der Waals surface area contributed by atoms with E-state index in [1.165, 1.54) is 0 Å². The van der Waals surface area contributed by atoms with Crippen LogP contribution in [0.15, 0.2) is 6.20 Å². The summed E-state index contributed by atoms with van der Waals surface area (Å²) in [5.74, 6) is 0.696. The van der Waals surface area contributed by atoms with Crippen LogP contribution in [0.1, 0.15) is 24.8 Å². The zero-order valence-corrected chi connectivity index (χ0v) is 8.03. The van der Waals surface area contributed by atoms with Crippen molar-refractivity contribution in [3.63, 3.8) is 0 Å². The van der Waals surface area contributed by atoms with Gasteiger partial charge in [0.1, 0.15) is 5.82 Å². The van der Waals surface area contributed by atoms with Gasteiger partial charge in [-0.3, -0.25) is 0 Å². The van der Waals surface area contributed by atoms with Crippen molar-refractivity contribution in [1.29, 1.82) is 0 Å². The highest BCUT2D eigenvalue weighted by molar-refractivity contribution is 5.41. The average Bonchev–Trinajstić information content (AvgIpc) is 2.83. The highest BCUT2D eigenvalue weighted by Crippen LogP contribution is 2.36. The van der Waals surface area contributed by atoms with Crippen molar-refractivity contribution in [1.82, 2.24) is 9.97 Å². The van der Waals surface area contributed by atoms with E-state index >= 15 is 0 Å². The molecular formula is C9H15N5. The Labute approximate surface area is 82.7 Å². The van der Waals surface area contributed by atoms with Crippen molar-refractivity contribution >= 4 is 11.8 Å². The molecule has 1 fully saturated rings. The molecule has 76 valence electrons. The fourth-order valence-electron chi connectivity index (χ4n) is 1.42. The molecule has 0 spiro atoms. The molecule has 1 saturated carbocycles. The molecule has 0 saturated heterocycles. The molecule has 1 heterocycles. The van der Waals surface area contributed by atoms with Crippen LogP contribution in [0.3, 0.4) is 0 Å². The first-order valence-corrected chi connectivity index (χ1v) is 4.75. The van der Waals surface area contributed by atoms with Crippen LogP contribution >= 0.6 is 0 Å². The summed E-state index contributed by atoms with van der Waals surface area (Å²) in [6, 6.07) is 0. The standard InChI is InChI=1S/C9H15N5/c10-7-6(5-13-8(11)14-7)1-2-9(12)3-4-9/h5H,1-4,12H2,(H4,10,11,13,14). The summed E-state index contributed by atoms with van der Waals surface area (Å²) in [6.07, 6.45) is 5.70. The second kappa shape index (κ2) is 3.09. The fourth-order valence-corrected chi connectivity index (χ4v) is 1.42. The van der Waals surface area contributed by atoms with E-state index < -0.39 is 0 Å². The minimum absolute atomic E-state index is 0.0494. The molecule has 5 heteroatoms. The molecule has 1 aromatic rings. The highest BCUT2D eigenvalue weighted by atomic mass is 15.0. The second-order valence-corrected chi connectivity index (χ2v) is 4.00. The van der Waals surface area contributed by atoms with Crippen molar-refractivity contribution < 1.29 is 0 Å². The van der Waals surface area contributed by atoms with Crippen LogP contribution < -0.4 is 17.2 Å². The maximum Gasteiger partial charge on any atom is 0.221 e. The number of rotatable bonds is 3. The van der Waals surface area contributed by atoms with E-state index in [-0.39, 0.29) is 11.5 Å². The van der Waals surface area contributed by atoms with Crippen molar-refractivity contribution in [3.05, 3.63) is 11.8 Å². The van der Waals surface area contributed by atoms with Crippen molar-refractivity contribution in [2.45, 2.75) is 31.2 Å². The van der Waals surface area contributed by atoms with Gasteiger partial charge in [-0.15, -0.1) is 0 Å². The van der Waals surface area contributed by atoms with Crippen molar-refractivity contribution in [2.24, 2.45) is 5.73 Å². The third kappa shape index (κ3) is 1.93. The predicted molar refractivity (Wildman–Crippen MR) is 55.3 cm³/mol. The van der Waals surface area contributed by atoms with E-state index in [1.807, 2.05) is 0 Å². The summed E-state index contributed by atoms with van der Waals surface area (Å²) < 4.78 is 0. The van der Waals surface area contributed by atoms with Gasteiger partial charge in [-0.05, 0) is 25.7 Å². The lowest BCUT2D eigenvalue weighted by Crippen LogP contribution is -2.22. The first-order valence-electron chi connectivity index (χ1n) is 4.75.